The Labute approximate surface area is 146 Å². The summed E-state index contributed by atoms with van der Waals surface area (Å²) < 4.78 is 2.37. The maximum absolute atomic E-state index is 6.22. The van der Waals surface area contributed by atoms with Crippen LogP contribution in [0.25, 0.3) is 21.8 Å². The first kappa shape index (κ1) is 15.1. The van der Waals surface area contributed by atoms with E-state index in [2.05, 4.69) is 59.3 Å². The highest BCUT2D eigenvalue weighted by Crippen LogP contribution is 2.30. The van der Waals surface area contributed by atoms with Crippen LogP contribution in [0.1, 0.15) is 12.5 Å². The van der Waals surface area contributed by atoms with E-state index in [1.54, 1.807) is 0 Å². The van der Waals surface area contributed by atoms with Gasteiger partial charge in [0.05, 0.1) is 10.7 Å². The van der Waals surface area contributed by atoms with E-state index < -0.39 is 0 Å². The molecule has 0 fully saturated rings. The third-order valence-electron chi connectivity index (χ3n) is 4.51. The van der Waals surface area contributed by atoms with Crippen molar-refractivity contribution < 1.29 is 0 Å². The lowest BCUT2D eigenvalue weighted by molar-refractivity contribution is 0.827. The minimum Gasteiger partial charge on any atom is -0.380 e. The normalized spacial score (nSPS) is 11.2. The lowest BCUT2D eigenvalue weighted by Gasteiger charge is -2.09. The largest absolute Gasteiger partial charge is 0.380 e. The van der Waals surface area contributed by atoms with Crippen LogP contribution in [-0.2, 0) is 13.1 Å². The number of anilines is 1. The van der Waals surface area contributed by atoms with Crippen LogP contribution in [0.15, 0.2) is 66.7 Å². The van der Waals surface area contributed by atoms with Crippen molar-refractivity contribution in [2.75, 3.05) is 5.32 Å². The van der Waals surface area contributed by atoms with Crippen LogP contribution in [0.2, 0.25) is 5.02 Å². The smallest absolute Gasteiger partial charge is 0.0637 e. The fraction of sp³-hybridized carbons (Fsp3) is 0.143. The molecule has 1 N–H and O–H groups in total. The van der Waals surface area contributed by atoms with Crippen molar-refractivity contribution in [3.05, 3.63) is 77.3 Å². The lowest BCUT2D eigenvalue weighted by Crippen LogP contribution is -2.00. The summed E-state index contributed by atoms with van der Waals surface area (Å²) in [6, 6.07) is 23.2. The van der Waals surface area contributed by atoms with Gasteiger partial charge in [0.25, 0.3) is 0 Å². The van der Waals surface area contributed by atoms with Crippen molar-refractivity contribution in [3.63, 3.8) is 0 Å². The predicted molar refractivity (Wildman–Crippen MR) is 104 cm³/mol. The summed E-state index contributed by atoms with van der Waals surface area (Å²) in [7, 11) is 0. The number of halogens is 1. The van der Waals surface area contributed by atoms with Gasteiger partial charge in [-0.3, -0.25) is 0 Å². The molecule has 3 aromatic carbocycles. The maximum atomic E-state index is 6.22. The van der Waals surface area contributed by atoms with Gasteiger partial charge in [-0.25, -0.2) is 0 Å². The molecule has 0 aliphatic carbocycles. The van der Waals surface area contributed by atoms with E-state index in [9.17, 15) is 0 Å². The van der Waals surface area contributed by atoms with Gasteiger partial charge < -0.3 is 9.88 Å². The zero-order valence-corrected chi connectivity index (χ0v) is 14.3. The SMILES string of the molecule is CCn1c2ccccc2c2cc(CNc3ccccc3Cl)ccc21. The molecule has 0 bridgehead atoms. The summed E-state index contributed by atoms with van der Waals surface area (Å²) in [5, 5.41) is 6.80. The van der Waals surface area contributed by atoms with Crippen LogP contribution >= 0.6 is 11.6 Å². The number of nitrogens with one attached hydrogen (secondary N) is 1. The summed E-state index contributed by atoms with van der Waals surface area (Å²) in [4.78, 5) is 0. The summed E-state index contributed by atoms with van der Waals surface area (Å²) in [6.45, 7) is 3.92. The Bertz CT molecular complexity index is 1020. The number of rotatable bonds is 4. The molecule has 3 heteroatoms. The summed E-state index contributed by atoms with van der Waals surface area (Å²) in [6.07, 6.45) is 0. The topological polar surface area (TPSA) is 17.0 Å². The van der Waals surface area contributed by atoms with E-state index in [0.717, 1.165) is 23.8 Å². The molecule has 1 aromatic heterocycles. The zero-order chi connectivity index (χ0) is 16.5. The summed E-state index contributed by atoms with van der Waals surface area (Å²) >= 11 is 6.22. The molecule has 0 amide bonds. The number of nitrogens with zero attached hydrogens (tertiary/aromatic N) is 1. The van der Waals surface area contributed by atoms with Crippen molar-refractivity contribution in [1.29, 1.82) is 0 Å². The van der Waals surface area contributed by atoms with E-state index in [0.29, 0.717) is 0 Å². The first-order chi connectivity index (χ1) is 11.8. The second-order valence-electron chi connectivity index (χ2n) is 5.95. The van der Waals surface area contributed by atoms with E-state index in [1.165, 1.54) is 27.4 Å². The molecule has 24 heavy (non-hydrogen) atoms. The molecule has 0 atom stereocenters. The van der Waals surface area contributed by atoms with E-state index in [-0.39, 0.29) is 0 Å². The molecule has 0 radical (unpaired) electrons. The summed E-state index contributed by atoms with van der Waals surface area (Å²) in [5.41, 5.74) is 4.81. The standard InChI is InChI=1S/C21H19ClN2/c1-2-24-20-10-6-3-7-16(20)17-13-15(11-12-21(17)24)14-23-19-9-5-4-8-18(19)22/h3-13,23H,2,14H2,1H3. The van der Waals surface area contributed by atoms with Gasteiger partial charge in [-0.05, 0) is 42.8 Å². The summed E-state index contributed by atoms with van der Waals surface area (Å²) in [5.74, 6) is 0. The fourth-order valence-electron chi connectivity index (χ4n) is 3.35. The predicted octanol–water partition coefficient (Wildman–Crippen LogP) is 6.08. The van der Waals surface area contributed by atoms with Crippen LogP contribution in [0, 0.1) is 0 Å². The van der Waals surface area contributed by atoms with Gasteiger partial charge in [-0.1, -0.05) is 48.0 Å². The lowest BCUT2D eigenvalue weighted by atomic mass is 10.1. The minimum atomic E-state index is 0.751. The second-order valence-corrected chi connectivity index (χ2v) is 6.35. The first-order valence-corrected chi connectivity index (χ1v) is 8.64. The Morgan fingerprint density at radius 2 is 1.62 bits per heavy atom. The van der Waals surface area contributed by atoms with Crippen LogP contribution in [0.5, 0.6) is 0 Å². The van der Waals surface area contributed by atoms with Crippen molar-refractivity contribution >= 4 is 39.1 Å². The molecule has 4 aromatic rings. The quantitative estimate of drug-likeness (QED) is 0.478. The highest BCUT2D eigenvalue weighted by atomic mass is 35.5. The second kappa shape index (κ2) is 6.21. The van der Waals surface area contributed by atoms with Gasteiger partial charge in [0.2, 0.25) is 0 Å². The number of hydrogen-bond acceptors (Lipinski definition) is 1. The van der Waals surface area contributed by atoms with Gasteiger partial charge in [0, 0.05) is 34.9 Å². The van der Waals surface area contributed by atoms with Crippen molar-refractivity contribution in [2.24, 2.45) is 0 Å². The Morgan fingerprint density at radius 3 is 2.46 bits per heavy atom. The molecule has 2 nitrogen and oxygen atoms in total. The maximum Gasteiger partial charge on any atom is 0.0637 e. The third-order valence-corrected chi connectivity index (χ3v) is 4.84. The molecule has 0 saturated heterocycles. The molecule has 0 spiro atoms. The number of aryl methyl sites for hydroxylation is 1. The van der Waals surface area contributed by atoms with Gasteiger partial charge in [-0.2, -0.15) is 0 Å². The number of para-hydroxylation sites is 2. The molecule has 1 heterocycles. The number of fused-ring (bicyclic) bond motifs is 3. The van der Waals surface area contributed by atoms with E-state index >= 15 is 0 Å². The van der Waals surface area contributed by atoms with Gasteiger partial charge >= 0.3 is 0 Å². The third kappa shape index (κ3) is 2.53. The Kier molecular flexibility index (Phi) is 3.91. The Hall–Kier alpha value is -2.45. The minimum absolute atomic E-state index is 0.751. The van der Waals surface area contributed by atoms with Gasteiger partial charge in [-0.15, -0.1) is 0 Å². The van der Waals surface area contributed by atoms with Crippen LogP contribution in [0.3, 0.4) is 0 Å². The molecule has 4 rings (SSSR count). The number of hydrogen-bond donors (Lipinski definition) is 1. The van der Waals surface area contributed by atoms with Crippen LogP contribution in [-0.4, -0.2) is 4.57 Å². The molecule has 0 unspecified atom stereocenters. The molecular weight excluding hydrogens is 316 g/mol. The highest BCUT2D eigenvalue weighted by Gasteiger charge is 2.09. The monoisotopic (exact) mass is 334 g/mol. The molecular formula is C21H19ClN2. The average molecular weight is 335 g/mol. The van der Waals surface area contributed by atoms with Crippen molar-refractivity contribution in [3.8, 4) is 0 Å². The zero-order valence-electron chi connectivity index (χ0n) is 13.6. The number of aromatic nitrogens is 1. The van der Waals surface area contributed by atoms with Gasteiger partial charge in [0.1, 0.15) is 0 Å². The Morgan fingerprint density at radius 1 is 0.875 bits per heavy atom. The molecule has 120 valence electrons. The highest BCUT2D eigenvalue weighted by molar-refractivity contribution is 6.33. The van der Waals surface area contributed by atoms with E-state index in [1.807, 2.05) is 24.3 Å². The average Bonchev–Trinajstić information content (AvgIpc) is 2.94. The van der Waals surface area contributed by atoms with Crippen molar-refractivity contribution in [1.82, 2.24) is 4.57 Å². The molecule has 0 aliphatic rings. The van der Waals surface area contributed by atoms with Crippen molar-refractivity contribution in [2.45, 2.75) is 20.0 Å². The van der Waals surface area contributed by atoms with Crippen LogP contribution in [0.4, 0.5) is 5.69 Å². The molecule has 0 aliphatic heterocycles. The molecule has 0 saturated carbocycles. The van der Waals surface area contributed by atoms with E-state index in [4.69, 9.17) is 11.6 Å². The van der Waals surface area contributed by atoms with Crippen LogP contribution < -0.4 is 5.32 Å². The Balaban J connectivity index is 1.73. The first-order valence-electron chi connectivity index (χ1n) is 8.26. The number of benzene rings is 3. The fourth-order valence-corrected chi connectivity index (χ4v) is 3.56. The van der Waals surface area contributed by atoms with Gasteiger partial charge in [0.15, 0.2) is 0 Å².